The van der Waals surface area contributed by atoms with Crippen molar-refractivity contribution in [3.05, 3.63) is 36.5 Å². The second kappa shape index (κ2) is 4.42. The Morgan fingerprint density at radius 2 is 2.11 bits per heavy atom. The number of nitrogens with one attached hydrogen (secondary N) is 1. The first kappa shape index (κ1) is 11.8. The third-order valence-corrected chi connectivity index (χ3v) is 2.91. The summed E-state index contributed by atoms with van der Waals surface area (Å²) in [7, 11) is 0. The molecule has 0 saturated carbocycles. The van der Waals surface area contributed by atoms with E-state index in [-0.39, 0.29) is 0 Å². The van der Waals surface area contributed by atoms with E-state index in [0.717, 1.165) is 22.5 Å². The lowest BCUT2D eigenvalue weighted by Crippen LogP contribution is -1.99. The van der Waals surface area contributed by atoms with Crippen molar-refractivity contribution in [1.82, 2.24) is 14.8 Å². The fourth-order valence-corrected chi connectivity index (χ4v) is 1.97. The number of hydrogen-bond acceptors (Lipinski definition) is 4. The maximum atomic E-state index is 5.45. The summed E-state index contributed by atoms with van der Waals surface area (Å²) in [6.45, 7) is 6.04. The van der Waals surface area contributed by atoms with Crippen LogP contribution >= 0.6 is 0 Å². The Balaban J connectivity index is 1.87. The maximum absolute atomic E-state index is 5.45. The van der Waals surface area contributed by atoms with E-state index in [2.05, 4.69) is 29.2 Å². The Morgan fingerprint density at radius 3 is 2.84 bits per heavy atom. The lowest BCUT2D eigenvalue weighted by atomic mass is 10.3. The fourth-order valence-electron chi connectivity index (χ4n) is 1.97. The van der Waals surface area contributed by atoms with Crippen molar-refractivity contribution in [3.8, 4) is 0 Å². The molecule has 3 rings (SSSR count). The number of rotatable bonds is 3. The summed E-state index contributed by atoms with van der Waals surface area (Å²) in [4.78, 5) is 4.32. The second-order valence-electron chi connectivity index (χ2n) is 4.84. The minimum atomic E-state index is 0.358. The molecule has 0 fully saturated rings. The Kier molecular flexibility index (Phi) is 2.74. The van der Waals surface area contributed by atoms with Crippen molar-refractivity contribution in [3.63, 3.8) is 0 Å². The molecule has 1 N–H and O–H groups in total. The Labute approximate surface area is 111 Å². The van der Waals surface area contributed by atoms with Gasteiger partial charge in [-0.3, -0.25) is 4.68 Å². The number of benzene rings is 1. The van der Waals surface area contributed by atoms with Crippen LogP contribution in [0.3, 0.4) is 0 Å². The minimum absolute atomic E-state index is 0.358. The molecule has 19 heavy (non-hydrogen) atoms. The number of aryl methyl sites for hydroxylation is 1. The molecule has 5 nitrogen and oxygen atoms in total. The second-order valence-corrected chi connectivity index (χ2v) is 4.84. The number of hydrogen-bond donors (Lipinski definition) is 1. The summed E-state index contributed by atoms with van der Waals surface area (Å²) in [5.41, 5.74) is 3.61. The van der Waals surface area contributed by atoms with E-state index in [4.69, 9.17) is 4.42 Å². The SMILES string of the molecule is Cc1nc2cc(Nc3cnn(C(C)C)c3)ccc2o1. The number of oxazole rings is 1. The molecule has 0 unspecified atom stereocenters. The number of nitrogens with zero attached hydrogens (tertiary/aromatic N) is 3. The van der Waals surface area contributed by atoms with Gasteiger partial charge in [-0.25, -0.2) is 4.98 Å². The first-order valence-electron chi connectivity index (χ1n) is 6.30. The third-order valence-electron chi connectivity index (χ3n) is 2.91. The molecule has 2 heterocycles. The van der Waals surface area contributed by atoms with E-state index < -0.39 is 0 Å². The molecular weight excluding hydrogens is 240 g/mol. The molecule has 98 valence electrons. The average Bonchev–Trinajstić information content (AvgIpc) is 2.94. The summed E-state index contributed by atoms with van der Waals surface area (Å²) in [6.07, 6.45) is 3.81. The van der Waals surface area contributed by atoms with Crippen LogP contribution in [0, 0.1) is 6.92 Å². The van der Waals surface area contributed by atoms with E-state index in [9.17, 15) is 0 Å². The molecule has 0 radical (unpaired) electrons. The first-order chi connectivity index (χ1) is 9.11. The van der Waals surface area contributed by atoms with Gasteiger partial charge < -0.3 is 9.73 Å². The van der Waals surface area contributed by atoms with Gasteiger partial charge in [0.2, 0.25) is 0 Å². The van der Waals surface area contributed by atoms with Gasteiger partial charge in [-0.15, -0.1) is 0 Å². The van der Waals surface area contributed by atoms with Gasteiger partial charge in [0.1, 0.15) is 5.52 Å². The normalized spacial score (nSPS) is 11.4. The maximum Gasteiger partial charge on any atom is 0.192 e. The monoisotopic (exact) mass is 256 g/mol. The predicted molar refractivity (Wildman–Crippen MR) is 74.6 cm³/mol. The van der Waals surface area contributed by atoms with Crippen LogP contribution in [0.25, 0.3) is 11.1 Å². The van der Waals surface area contributed by atoms with Crippen LogP contribution in [0.15, 0.2) is 35.0 Å². The average molecular weight is 256 g/mol. The summed E-state index contributed by atoms with van der Waals surface area (Å²) in [6, 6.07) is 6.22. The quantitative estimate of drug-likeness (QED) is 0.777. The molecule has 0 bridgehead atoms. The van der Waals surface area contributed by atoms with Gasteiger partial charge in [0.15, 0.2) is 11.5 Å². The molecule has 0 aliphatic carbocycles. The third kappa shape index (κ3) is 2.31. The van der Waals surface area contributed by atoms with Gasteiger partial charge in [-0.05, 0) is 32.0 Å². The Hall–Kier alpha value is -2.30. The zero-order chi connectivity index (χ0) is 13.4. The van der Waals surface area contributed by atoms with Crippen molar-refractivity contribution in [2.24, 2.45) is 0 Å². The molecular formula is C14H16N4O. The number of aromatic nitrogens is 3. The van der Waals surface area contributed by atoms with E-state index in [1.807, 2.05) is 42.2 Å². The summed E-state index contributed by atoms with van der Waals surface area (Å²) in [5, 5.41) is 7.61. The standard InChI is InChI=1S/C14H16N4O/c1-9(2)18-8-12(7-15-18)17-11-4-5-14-13(6-11)16-10(3)19-14/h4-9,17H,1-3H3. The van der Waals surface area contributed by atoms with Crippen molar-refractivity contribution < 1.29 is 4.42 Å². The molecule has 5 heteroatoms. The molecule has 0 atom stereocenters. The highest BCUT2D eigenvalue weighted by atomic mass is 16.3. The summed E-state index contributed by atoms with van der Waals surface area (Å²) < 4.78 is 7.37. The van der Waals surface area contributed by atoms with Crippen LogP contribution in [0.4, 0.5) is 11.4 Å². The zero-order valence-corrected chi connectivity index (χ0v) is 11.2. The molecule has 0 aliphatic heterocycles. The van der Waals surface area contributed by atoms with Crippen LogP contribution in [0.2, 0.25) is 0 Å². The highest BCUT2D eigenvalue weighted by Gasteiger charge is 2.05. The fraction of sp³-hybridized carbons (Fsp3) is 0.286. The zero-order valence-electron chi connectivity index (χ0n) is 11.2. The molecule has 0 aliphatic rings. The van der Waals surface area contributed by atoms with Crippen molar-refractivity contribution >= 4 is 22.5 Å². The Morgan fingerprint density at radius 1 is 1.26 bits per heavy atom. The first-order valence-corrected chi connectivity index (χ1v) is 6.30. The molecule has 3 aromatic rings. The van der Waals surface area contributed by atoms with Gasteiger partial charge in [0.05, 0.1) is 11.9 Å². The highest BCUT2D eigenvalue weighted by Crippen LogP contribution is 2.22. The van der Waals surface area contributed by atoms with Gasteiger partial charge in [0.25, 0.3) is 0 Å². The number of fused-ring (bicyclic) bond motifs is 1. The lowest BCUT2D eigenvalue weighted by molar-refractivity contribution is 0.532. The van der Waals surface area contributed by atoms with E-state index in [1.165, 1.54) is 0 Å². The van der Waals surface area contributed by atoms with Crippen molar-refractivity contribution in [2.45, 2.75) is 26.8 Å². The molecule has 0 amide bonds. The van der Waals surface area contributed by atoms with E-state index in [1.54, 1.807) is 0 Å². The minimum Gasteiger partial charge on any atom is -0.441 e. The molecule has 1 aromatic carbocycles. The predicted octanol–water partition coefficient (Wildman–Crippen LogP) is 3.66. The molecule has 2 aromatic heterocycles. The summed E-state index contributed by atoms with van der Waals surface area (Å²) in [5.74, 6) is 0.680. The van der Waals surface area contributed by atoms with E-state index in [0.29, 0.717) is 11.9 Å². The van der Waals surface area contributed by atoms with Crippen molar-refractivity contribution in [2.75, 3.05) is 5.32 Å². The van der Waals surface area contributed by atoms with E-state index >= 15 is 0 Å². The van der Waals surface area contributed by atoms with Crippen LogP contribution in [0.1, 0.15) is 25.8 Å². The topological polar surface area (TPSA) is 55.9 Å². The van der Waals surface area contributed by atoms with Gasteiger partial charge in [-0.1, -0.05) is 0 Å². The Bertz CT molecular complexity index is 711. The highest BCUT2D eigenvalue weighted by molar-refractivity contribution is 5.78. The van der Waals surface area contributed by atoms with Gasteiger partial charge in [0, 0.05) is 24.8 Å². The molecule has 0 spiro atoms. The lowest BCUT2D eigenvalue weighted by Gasteiger charge is -2.04. The van der Waals surface area contributed by atoms with Crippen LogP contribution in [-0.2, 0) is 0 Å². The molecule has 0 saturated heterocycles. The largest absolute Gasteiger partial charge is 0.441 e. The van der Waals surface area contributed by atoms with Gasteiger partial charge in [-0.2, -0.15) is 5.10 Å². The smallest absolute Gasteiger partial charge is 0.192 e. The van der Waals surface area contributed by atoms with Crippen LogP contribution in [0.5, 0.6) is 0 Å². The van der Waals surface area contributed by atoms with Crippen molar-refractivity contribution in [1.29, 1.82) is 0 Å². The summed E-state index contributed by atoms with van der Waals surface area (Å²) >= 11 is 0. The van der Waals surface area contributed by atoms with Crippen LogP contribution in [-0.4, -0.2) is 14.8 Å². The van der Waals surface area contributed by atoms with Crippen LogP contribution < -0.4 is 5.32 Å². The number of anilines is 2. The van der Waals surface area contributed by atoms with Gasteiger partial charge >= 0.3 is 0 Å².